The van der Waals surface area contributed by atoms with E-state index < -0.39 is 35.5 Å². The van der Waals surface area contributed by atoms with Crippen molar-refractivity contribution in [2.75, 3.05) is 19.1 Å². The molecule has 0 saturated carbocycles. The van der Waals surface area contributed by atoms with Crippen LogP contribution < -0.4 is 4.90 Å². The van der Waals surface area contributed by atoms with Crippen LogP contribution in [-0.4, -0.2) is 49.8 Å². The Bertz CT molecular complexity index is 874. The molecule has 0 aliphatic carbocycles. The maximum Gasteiger partial charge on any atom is 0.431 e. The number of hydrogen-bond acceptors (Lipinski definition) is 5. The van der Waals surface area contributed by atoms with E-state index in [1.807, 2.05) is 0 Å². The van der Waals surface area contributed by atoms with Gasteiger partial charge in [-0.1, -0.05) is 5.16 Å². The number of alkyl halides is 3. The number of oxime groups is 1. The fourth-order valence-electron chi connectivity index (χ4n) is 2.46. The van der Waals surface area contributed by atoms with Crippen LogP contribution in [0.4, 0.5) is 28.0 Å². The van der Waals surface area contributed by atoms with Crippen molar-refractivity contribution >= 4 is 24.2 Å². The predicted molar refractivity (Wildman–Crippen MR) is 85.3 cm³/mol. The van der Waals surface area contributed by atoms with Gasteiger partial charge in [0.25, 0.3) is 0 Å². The maximum atomic E-state index is 14.5. The Balaban J connectivity index is 2.65. The number of nitrogens with zero attached hydrogens (tertiary/aromatic N) is 4. The summed E-state index contributed by atoms with van der Waals surface area (Å²) >= 11 is 0. The average molecular weight is 384 g/mol. The number of allylic oxidation sites excluding steroid dienone is 1. The second-order valence-corrected chi connectivity index (χ2v) is 5.31. The molecule has 7 nitrogen and oxygen atoms in total. The second-order valence-electron chi connectivity index (χ2n) is 5.31. The number of anilines is 1. The van der Waals surface area contributed by atoms with Gasteiger partial charge in [0.05, 0.1) is 23.5 Å². The molecule has 0 aromatic heterocycles. The Kier molecular flexibility index (Phi) is 5.49. The third-order valence-corrected chi connectivity index (χ3v) is 3.71. The minimum absolute atomic E-state index is 0.0430. The highest BCUT2D eigenvalue weighted by molar-refractivity contribution is 6.00. The molecule has 1 atom stereocenters. The third kappa shape index (κ3) is 3.74. The maximum absolute atomic E-state index is 14.5. The van der Waals surface area contributed by atoms with Gasteiger partial charge in [-0.2, -0.15) is 18.4 Å². The summed E-state index contributed by atoms with van der Waals surface area (Å²) in [5.41, 5.74) is -1.93. The van der Waals surface area contributed by atoms with E-state index in [1.165, 1.54) is 7.11 Å². The van der Waals surface area contributed by atoms with Crippen molar-refractivity contribution in [2.45, 2.75) is 12.2 Å². The summed E-state index contributed by atoms with van der Waals surface area (Å²) in [4.78, 5) is 29.1. The Morgan fingerprint density at radius 2 is 2.04 bits per heavy atom. The Morgan fingerprint density at radius 3 is 2.56 bits per heavy atom. The van der Waals surface area contributed by atoms with Gasteiger partial charge in [-0.25, -0.2) is 9.18 Å². The van der Waals surface area contributed by atoms with Crippen LogP contribution in [0.25, 0.3) is 0 Å². The molecule has 27 heavy (non-hydrogen) atoms. The molecule has 0 spiro atoms. The van der Waals surface area contributed by atoms with Gasteiger partial charge < -0.3 is 9.63 Å². The van der Waals surface area contributed by atoms with Crippen molar-refractivity contribution in [2.24, 2.45) is 5.16 Å². The van der Waals surface area contributed by atoms with Gasteiger partial charge in [-0.3, -0.25) is 9.80 Å². The number of nitriles is 1. The highest BCUT2D eigenvalue weighted by Crippen LogP contribution is 2.35. The molecule has 11 heteroatoms. The van der Waals surface area contributed by atoms with Crippen LogP contribution in [0.15, 0.2) is 29.1 Å². The zero-order valence-electron chi connectivity index (χ0n) is 14.0. The van der Waals surface area contributed by atoms with E-state index in [4.69, 9.17) is 5.26 Å². The molecule has 2 rings (SSSR count). The standard InChI is InChI=1S/C16H12F4N4O3/c1-23-14(16(18,19)20)5-11(8-25)24(15(23)26)13-4-10(7-22-27-2)9(6-21)3-12(13)17/h3-5,7-8,11H,1-2H3/b22-7+. The number of halogens is 4. The molecular formula is C16H12F4N4O3. The highest BCUT2D eigenvalue weighted by atomic mass is 19.4. The largest absolute Gasteiger partial charge is 0.431 e. The molecule has 1 aliphatic heterocycles. The monoisotopic (exact) mass is 384 g/mol. The lowest BCUT2D eigenvalue weighted by Gasteiger charge is -2.37. The zero-order chi connectivity index (χ0) is 20.4. The molecule has 142 valence electrons. The van der Waals surface area contributed by atoms with E-state index in [9.17, 15) is 27.2 Å². The normalized spacial score (nSPS) is 17.7. The van der Waals surface area contributed by atoms with Crippen molar-refractivity contribution in [3.8, 4) is 6.07 Å². The number of benzene rings is 1. The first kappa shape index (κ1) is 19.9. The zero-order valence-corrected chi connectivity index (χ0v) is 14.0. The molecule has 0 bridgehead atoms. The van der Waals surface area contributed by atoms with Crippen LogP contribution in [-0.2, 0) is 9.63 Å². The molecule has 0 fully saturated rings. The van der Waals surface area contributed by atoms with E-state index >= 15 is 0 Å². The quantitative estimate of drug-likeness (QED) is 0.346. The van der Waals surface area contributed by atoms with Gasteiger partial charge in [0, 0.05) is 12.6 Å². The number of carbonyl (C=O) groups excluding carboxylic acids is 2. The van der Waals surface area contributed by atoms with Gasteiger partial charge >= 0.3 is 12.2 Å². The molecule has 2 amide bonds. The molecule has 1 unspecified atom stereocenters. The van der Waals surface area contributed by atoms with Crippen molar-refractivity contribution in [3.05, 3.63) is 40.8 Å². The van der Waals surface area contributed by atoms with Gasteiger partial charge in [-0.05, 0) is 18.2 Å². The number of rotatable bonds is 4. The molecule has 1 aromatic carbocycles. The van der Waals surface area contributed by atoms with Crippen LogP contribution in [0.5, 0.6) is 0 Å². The first-order valence-electron chi connectivity index (χ1n) is 7.27. The Labute approximate surface area is 150 Å². The first-order valence-corrected chi connectivity index (χ1v) is 7.27. The lowest BCUT2D eigenvalue weighted by Crippen LogP contribution is -2.53. The number of amides is 2. The van der Waals surface area contributed by atoms with Crippen LogP contribution in [0, 0.1) is 17.1 Å². The minimum atomic E-state index is -4.88. The number of hydrogen-bond donors (Lipinski definition) is 0. The van der Waals surface area contributed by atoms with Crippen molar-refractivity contribution < 1.29 is 32.0 Å². The number of carbonyl (C=O) groups is 2. The Morgan fingerprint density at radius 1 is 1.37 bits per heavy atom. The summed E-state index contributed by atoms with van der Waals surface area (Å²) in [5, 5.41) is 12.5. The SMILES string of the molecule is CO/N=C/c1cc(N2C(=O)N(C)C(C(F)(F)F)=CC2C=O)c(F)cc1C#N. The number of aldehydes is 1. The van der Waals surface area contributed by atoms with Crippen LogP contribution in [0.2, 0.25) is 0 Å². The van der Waals surface area contributed by atoms with Gasteiger partial charge in [-0.15, -0.1) is 0 Å². The number of urea groups is 1. The lowest BCUT2D eigenvalue weighted by molar-refractivity contribution is -0.110. The first-order chi connectivity index (χ1) is 12.6. The third-order valence-electron chi connectivity index (χ3n) is 3.71. The summed E-state index contributed by atoms with van der Waals surface area (Å²) in [6.07, 6.45) is -3.23. The van der Waals surface area contributed by atoms with E-state index in [1.54, 1.807) is 6.07 Å². The lowest BCUT2D eigenvalue weighted by atomic mass is 10.0. The molecule has 1 heterocycles. The fraction of sp³-hybridized carbons (Fsp3) is 0.250. The summed E-state index contributed by atoms with van der Waals surface area (Å²) < 4.78 is 53.6. The average Bonchev–Trinajstić information content (AvgIpc) is 2.61. The molecule has 0 radical (unpaired) electrons. The van der Waals surface area contributed by atoms with Gasteiger partial charge in [0.1, 0.15) is 31.0 Å². The van der Waals surface area contributed by atoms with E-state index in [-0.39, 0.29) is 22.3 Å². The fourth-order valence-corrected chi connectivity index (χ4v) is 2.46. The molecular weight excluding hydrogens is 372 g/mol. The molecule has 0 N–H and O–H groups in total. The van der Waals surface area contributed by atoms with Gasteiger partial charge in [0.2, 0.25) is 0 Å². The smallest absolute Gasteiger partial charge is 0.399 e. The predicted octanol–water partition coefficient (Wildman–Crippen LogP) is 2.56. The minimum Gasteiger partial charge on any atom is -0.399 e. The van der Waals surface area contributed by atoms with Crippen LogP contribution >= 0.6 is 0 Å². The van der Waals surface area contributed by atoms with E-state index in [0.717, 1.165) is 25.4 Å². The second kappa shape index (κ2) is 7.45. The summed E-state index contributed by atoms with van der Waals surface area (Å²) in [6, 6.07) is 0.560. The van der Waals surface area contributed by atoms with Crippen LogP contribution in [0.3, 0.4) is 0 Å². The summed E-state index contributed by atoms with van der Waals surface area (Å²) in [5.74, 6) is -1.07. The summed E-state index contributed by atoms with van der Waals surface area (Å²) in [6.45, 7) is 0. The molecule has 1 aliphatic rings. The van der Waals surface area contributed by atoms with Crippen molar-refractivity contribution in [1.29, 1.82) is 5.26 Å². The van der Waals surface area contributed by atoms with Crippen molar-refractivity contribution in [1.82, 2.24) is 4.90 Å². The molecule has 0 saturated heterocycles. The summed E-state index contributed by atoms with van der Waals surface area (Å²) in [7, 11) is 2.08. The topological polar surface area (TPSA) is 86.0 Å². The van der Waals surface area contributed by atoms with Crippen LogP contribution in [0.1, 0.15) is 11.1 Å². The highest BCUT2D eigenvalue weighted by Gasteiger charge is 2.45. The van der Waals surface area contributed by atoms with E-state index in [0.29, 0.717) is 11.0 Å². The van der Waals surface area contributed by atoms with Crippen molar-refractivity contribution in [3.63, 3.8) is 0 Å². The Hall–Kier alpha value is -3.42. The van der Waals surface area contributed by atoms with E-state index in [2.05, 4.69) is 9.99 Å². The van der Waals surface area contributed by atoms with Gasteiger partial charge in [0.15, 0.2) is 0 Å². The molecule has 1 aromatic rings.